The molecule has 15 heavy (non-hydrogen) atoms. The summed E-state index contributed by atoms with van der Waals surface area (Å²) in [4.78, 5) is 0. The van der Waals surface area contributed by atoms with E-state index in [1.54, 1.807) is 0 Å². The maximum atomic E-state index is 9.87. The van der Waals surface area contributed by atoms with Gasteiger partial charge in [0, 0.05) is 3.57 Å². The van der Waals surface area contributed by atoms with Gasteiger partial charge in [-0.3, -0.25) is 0 Å². The van der Waals surface area contributed by atoms with E-state index in [1.807, 2.05) is 24.3 Å². The molecule has 1 aromatic carbocycles. The first kappa shape index (κ1) is 12.9. The summed E-state index contributed by atoms with van der Waals surface area (Å²) in [6, 6.07) is 7.74. The second-order valence-electron chi connectivity index (χ2n) is 3.79. The van der Waals surface area contributed by atoms with Crippen molar-refractivity contribution in [2.75, 3.05) is 0 Å². The third kappa shape index (κ3) is 4.09. The molecule has 0 aliphatic carbocycles. The molecule has 1 rings (SSSR count). The lowest BCUT2D eigenvalue weighted by Gasteiger charge is -2.19. The molecule has 3 N–H and O–H groups in total. The highest BCUT2D eigenvalue weighted by molar-refractivity contribution is 14.1. The van der Waals surface area contributed by atoms with E-state index in [-0.39, 0.29) is 6.04 Å². The van der Waals surface area contributed by atoms with Crippen molar-refractivity contribution in [3.8, 4) is 0 Å². The predicted octanol–water partition coefficient (Wildman–Crippen LogP) is 2.84. The number of benzene rings is 1. The van der Waals surface area contributed by atoms with Gasteiger partial charge in [0.1, 0.15) is 0 Å². The van der Waals surface area contributed by atoms with Crippen LogP contribution in [0.4, 0.5) is 0 Å². The average molecular weight is 319 g/mol. The zero-order valence-corrected chi connectivity index (χ0v) is 11.1. The summed E-state index contributed by atoms with van der Waals surface area (Å²) >= 11 is 2.25. The Kier molecular flexibility index (Phi) is 5.56. The molecule has 3 heteroatoms. The van der Waals surface area contributed by atoms with Crippen LogP contribution in [0.25, 0.3) is 0 Å². The van der Waals surface area contributed by atoms with Gasteiger partial charge in [0.2, 0.25) is 0 Å². The fourth-order valence-corrected chi connectivity index (χ4v) is 2.10. The van der Waals surface area contributed by atoms with E-state index in [1.165, 1.54) is 0 Å². The Morgan fingerprint density at radius 3 is 2.80 bits per heavy atom. The van der Waals surface area contributed by atoms with Crippen molar-refractivity contribution >= 4 is 22.6 Å². The van der Waals surface area contributed by atoms with Crippen LogP contribution in [0.5, 0.6) is 0 Å². The van der Waals surface area contributed by atoms with Crippen LogP contribution < -0.4 is 5.73 Å². The van der Waals surface area contributed by atoms with Crippen LogP contribution in [-0.4, -0.2) is 11.2 Å². The van der Waals surface area contributed by atoms with E-state index >= 15 is 0 Å². The lowest BCUT2D eigenvalue weighted by Crippen LogP contribution is -2.26. The molecule has 0 aliphatic heterocycles. The zero-order chi connectivity index (χ0) is 11.3. The maximum Gasteiger partial charge on any atom is 0.0732 e. The van der Waals surface area contributed by atoms with Gasteiger partial charge in [0.05, 0.1) is 12.1 Å². The Hall–Kier alpha value is -0.130. The molecule has 2 nitrogen and oxygen atoms in total. The number of hydrogen-bond donors (Lipinski definition) is 2. The van der Waals surface area contributed by atoms with Crippen molar-refractivity contribution in [3.63, 3.8) is 0 Å². The van der Waals surface area contributed by atoms with Gasteiger partial charge in [-0.2, -0.15) is 0 Å². The first-order chi connectivity index (χ1) is 7.15. The average Bonchev–Trinajstić information content (AvgIpc) is 2.24. The molecule has 0 saturated carbocycles. The van der Waals surface area contributed by atoms with Gasteiger partial charge < -0.3 is 10.8 Å². The number of hydrogen-bond acceptors (Lipinski definition) is 2. The number of rotatable bonds is 5. The summed E-state index contributed by atoms with van der Waals surface area (Å²) in [5, 5.41) is 9.87. The van der Waals surface area contributed by atoms with Gasteiger partial charge in [0.25, 0.3) is 0 Å². The van der Waals surface area contributed by atoms with Crippen molar-refractivity contribution in [3.05, 3.63) is 33.4 Å². The Morgan fingerprint density at radius 1 is 1.47 bits per heavy atom. The molecule has 2 atom stereocenters. The van der Waals surface area contributed by atoms with Gasteiger partial charge in [-0.25, -0.2) is 0 Å². The monoisotopic (exact) mass is 319 g/mol. The molecule has 0 aromatic heterocycles. The molecule has 0 amide bonds. The van der Waals surface area contributed by atoms with E-state index in [4.69, 9.17) is 5.73 Å². The van der Waals surface area contributed by atoms with E-state index in [9.17, 15) is 5.11 Å². The Labute approximate surface area is 105 Å². The topological polar surface area (TPSA) is 46.2 Å². The minimum Gasteiger partial charge on any atom is -0.391 e. The minimum absolute atomic E-state index is 0.258. The molecule has 0 saturated heterocycles. The summed E-state index contributed by atoms with van der Waals surface area (Å²) in [5.74, 6) is 0. The van der Waals surface area contributed by atoms with Crippen LogP contribution in [0.1, 0.15) is 37.8 Å². The minimum atomic E-state index is -0.428. The Morgan fingerprint density at radius 2 is 2.20 bits per heavy atom. The van der Waals surface area contributed by atoms with Gasteiger partial charge in [-0.05, 0) is 46.7 Å². The third-order valence-electron chi connectivity index (χ3n) is 2.50. The number of aliphatic hydroxyl groups is 1. The molecule has 0 heterocycles. The van der Waals surface area contributed by atoms with E-state index in [2.05, 4.69) is 29.5 Å². The Balaban J connectivity index is 2.62. The lowest BCUT2D eigenvalue weighted by molar-refractivity contribution is 0.132. The van der Waals surface area contributed by atoms with Gasteiger partial charge in [-0.1, -0.05) is 31.9 Å². The van der Waals surface area contributed by atoms with Crippen molar-refractivity contribution in [2.24, 2.45) is 5.73 Å². The normalized spacial score (nSPS) is 14.9. The highest BCUT2D eigenvalue weighted by Crippen LogP contribution is 2.19. The van der Waals surface area contributed by atoms with Crippen LogP contribution in [0.3, 0.4) is 0 Å². The highest BCUT2D eigenvalue weighted by Gasteiger charge is 2.15. The molecular formula is C12H18INO. The van der Waals surface area contributed by atoms with Crippen molar-refractivity contribution < 1.29 is 5.11 Å². The second kappa shape index (κ2) is 6.45. The SMILES string of the molecule is CCCC[C@H](O)[C@H](N)c1cccc(I)c1. The summed E-state index contributed by atoms with van der Waals surface area (Å²) < 4.78 is 1.16. The second-order valence-corrected chi connectivity index (χ2v) is 5.04. The van der Waals surface area contributed by atoms with Crippen molar-refractivity contribution in [1.29, 1.82) is 0 Å². The molecular weight excluding hydrogens is 301 g/mol. The molecule has 0 radical (unpaired) electrons. The van der Waals surface area contributed by atoms with E-state index in [0.29, 0.717) is 0 Å². The molecule has 84 valence electrons. The third-order valence-corrected chi connectivity index (χ3v) is 3.17. The molecule has 0 spiro atoms. The quantitative estimate of drug-likeness (QED) is 0.820. The van der Waals surface area contributed by atoms with Crippen molar-refractivity contribution in [1.82, 2.24) is 0 Å². The summed E-state index contributed by atoms with van der Waals surface area (Å²) in [6.45, 7) is 2.11. The van der Waals surface area contributed by atoms with E-state index in [0.717, 1.165) is 28.4 Å². The molecule has 0 bridgehead atoms. The van der Waals surface area contributed by atoms with Crippen LogP contribution in [0.2, 0.25) is 0 Å². The first-order valence-electron chi connectivity index (χ1n) is 5.34. The number of halogens is 1. The van der Waals surface area contributed by atoms with E-state index < -0.39 is 6.10 Å². The molecule has 0 unspecified atom stereocenters. The maximum absolute atomic E-state index is 9.87. The van der Waals surface area contributed by atoms with Gasteiger partial charge in [0.15, 0.2) is 0 Å². The first-order valence-corrected chi connectivity index (χ1v) is 6.42. The van der Waals surface area contributed by atoms with Gasteiger partial charge >= 0.3 is 0 Å². The number of unbranched alkanes of at least 4 members (excludes halogenated alkanes) is 1. The number of nitrogens with two attached hydrogens (primary N) is 1. The van der Waals surface area contributed by atoms with Gasteiger partial charge in [-0.15, -0.1) is 0 Å². The van der Waals surface area contributed by atoms with Crippen LogP contribution in [0.15, 0.2) is 24.3 Å². The Bertz CT molecular complexity index is 303. The van der Waals surface area contributed by atoms with Crippen molar-refractivity contribution in [2.45, 2.75) is 38.3 Å². The fourth-order valence-electron chi connectivity index (χ4n) is 1.53. The largest absolute Gasteiger partial charge is 0.391 e. The molecule has 0 fully saturated rings. The zero-order valence-electron chi connectivity index (χ0n) is 8.99. The fraction of sp³-hybridized carbons (Fsp3) is 0.500. The summed E-state index contributed by atoms with van der Waals surface area (Å²) in [6.07, 6.45) is 2.47. The highest BCUT2D eigenvalue weighted by atomic mass is 127. The summed E-state index contributed by atoms with van der Waals surface area (Å²) in [7, 11) is 0. The predicted molar refractivity (Wildman–Crippen MR) is 71.6 cm³/mol. The molecule has 1 aromatic rings. The number of aliphatic hydroxyl groups excluding tert-OH is 1. The lowest BCUT2D eigenvalue weighted by atomic mass is 9.99. The smallest absolute Gasteiger partial charge is 0.0732 e. The standard InChI is InChI=1S/C12H18INO/c1-2-3-7-11(15)12(14)9-5-4-6-10(13)8-9/h4-6,8,11-12,15H,2-3,7,14H2,1H3/t11-,12+/m0/s1. The van der Waals surface area contributed by atoms with Crippen LogP contribution in [-0.2, 0) is 0 Å². The molecule has 0 aliphatic rings. The summed E-state index contributed by atoms with van der Waals surface area (Å²) in [5.41, 5.74) is 7.01. The van der Waals surface area contributed by atoms with Crippen LogP contribution >= 0.6 is 22.6 Å². The van der Waals surface area contributed by atoms with Crippen LogP contribution in [0, 0.1) is 3.57 Å².